The Labute approximate surface area is 283 Å². The molecular formula is C27H19N5Na2O7S. The molecule has 0 spiro atoms. The molecule has 5 aromatic carbocycles. The van der Waals surface area contributed by atoms with E-state index < -0.39 is 38.2 Å². The Balaban J connectivity index is 0.00000242. The molecule has 0 aromatic heterocycles. The van der Waals surface area contributed by atoms with E-state index in [1.165, 1.54) is 42.5 Å². The maximum absolute atomic E-state index is 12.1. The Hall–Kier alpha value is -3.40. The van der Waals surface area contributed by atoms with Crippen LogP contribution in [0.5, 0.6) is 11.5 Å². The number of phenolic OH excluding ortho intramolecular Hbond substituents is 1. The molecule has 42 heavy (non-hydrogen) atoms. The number of phenols is 2. The third-order valence-corrected chi connectivity index (χ3v) is 6.87. The number of nitrogen functional groups attached to an aromatic ring is 1. The number of azo groups is 2. The molecule has 0 unspecified atom stereocenters. The van der Waals surface area contributed by atoms with Gasteiger partial charge in [-0.3, -0.25) is 4.55 Å². The second-order valence-electron chi connectivity index (χ2n) is 8.56. The number of hydrogen-bond acceptors (Lipinski definition) is 10. The first-order chi connectivity index (χ1) is 19.0. The summed E-state index contributed by atoms with van der Waals surface area (Å²) in [5.41, 5.74) is 5.94. The molecule has 0 aliphatic heterocycles. The fraction of sp³-hybridized carbons (Fsp3) is 0. The van der Waals surface area contributed by atoms with E-state index in [4.69, 9.17) is 5.73 Å². The van der Waals surface area contributed by atoms with Crippen LogP contribution >= 0.6 is 0 Å². The number of rotatable bonds is 6. The first-order valence-corrected chi connectivity index (χ1v) is 12.9. The van der Waals surface area contributed by atoms with Crippen molar-refractivity contribution in [3.8, 4) is 11.5 Å². The van der Waals surface area contributed by atoms with Crippen molar-refractivity contribution >= 4 is 125 Å². The monoisotopic (exact) mass is 603 g/mol. The van der Waals surface area contributed by atoms with Gasteiger partial charge in [-0.05, 0) is 47.9 Å². The van der Waals surface area contributed by atoms with Gasteiger partial charge in [0.25, 0.3) is 10.1 Å². The fourth-order valence-corrected chi connectivity index (χ4v) is 4.75. The smallest absolute Gasteiger partial charge is 0.339 e. The number of nitrogens with two attached hydrogens (primary N) is 1. The third kappa shape index (κ3) is 6.64. The van der Waals surface area contributed by atoms with Crippen LogP contribution in [0.3, 0.4) is 0 Å². The van der Waals surface area contributed by atoms with Gasteiger partial charge in [0.2, 0.25) is 0 Å². The van der Waals surface area contributed by atoms with Gasteiger partial charge in [-0.2, -0.15) is 8.42 Å². The molecule has 2 radical (unpaired) electrons. The number of benzene rings is 5. The van der Waals surface area contributed by atoms with E-state index in [0.29, 0.717) is 27.5 Å². The predicted molar refractivity (Wildman–Crippen MR) is 159 cm³/mol. The summed E-state index contributed by atoms with van der Waals surface area (Å²) in [6, 6.07) is 19.6. The number of carbonyl (C=O) groups is 1. The number of aromatic hydroxyl groups is 2. The van der Waals surface area contributed by atoms with Crippen LogP contribution in [0.4, 0.5) is 28.4 Å². The summed E-state index contributed by atoms with van der Waals surface area (Å²) < 4.78 is 34.0. The van der Waals surface area contributed by atoms with Crippen LogP contribution in [0, 0.1) is 0 Å². The number of nitrogens with zero attached hydrogens (tertiary/aromatic N) is 4. The van der Waals surface area contributed by atoms with Gasteiger partial charge in [-0.15, -0.1) is 20.5 Å². The van der Waals surface area contributed by atoms with Crippen molar-refractivity contribution in [2.24, 2.45) is 20.5 Å². The summed E-state index contributed by atoms with van der Waals surface area (Å²) in [4.78, 5) is 10.6. The molecule has 0 fully saturated rings. The second-order valence-corrected chi connectivity index (χ2v) is 9.95. The molecule has 15 heteroatoms. The molecule has 0 aliphatic carbocycles. The SMILES string of the molecule is Nc1ccc2cc(S(=O)(=O)O)c(N=Nc3ccc(N=Nc4cccc(C(=O)O)c4O)c4ccccc34)c(O)c2c1.[Na].[Na]. The number of anilines is 1. The van der Waals surface area contributed by atoms with Crippen LogP contribution in [0.25, 0.3) is 21.5 Å². The van der Waals surface area contributed by atoms with E-state index in [1.807, 2.05) is 0 Å². The minimum Gasteiger partial charge on any atom is -0.505 e. The van der Waals surface area contributed by atoms with Crippen LogP contribution in [0.1, 0.15) is 10.4 Å². The molecule has 0 saturated heterocycles. The van der Waals surface area contributed by atoms with Crippen molar-refractivity contribution in [1.82, 2.24) is 0 Å². The van der Waals surface area contributed by atoms with Gasteiger partial charge in [-0.25, -0.2) is 4.79 Å². The first kappa shape index (κ1) is 33.1. The van der Waals surface area contributed by atoms with E-state index in [2.05, 4.69) is 20.5 Å². The zero-order valence-electron chi connectivity index (χ0n) is 22.3. The van der Waals surface area contributed by atoms with E-state index in [0.717, 1.165) is 6.07 Å². The van der Waals surface area contributed by atoms with Crippen LogP contribution in [-0.4, -0.2) is 93.4 Å². The number of carboxylic acids is 1. The molecule has 6 N–H and O–H groups in total. The first-order valence-electron chi connectivity index (χ1n) is 11.5. The number of hydrogen-bond donors (Lipinski definition) is 5. The molecule has 0 heterocycles. The van der Waals surface area contributed by atoms with Gasteiger partial charge in [0.15, 0.2) is 11.5 Å². The van der Waals surface area contributed by atoms with Crippen LogP contribution in [0.15, 0.2) is 104 Å². The average Bonchev–Trinajstić information content (AvgIpc) is 2.92. The Bertz CT molecular complexity index is 2020. The Morgan fingerprint density at radius 1 is 0.690 bits per heavy atom. The van der Waals surface area contributed by atoms with Gasteiger partial charge in [0.1, 0.15) is 21.8 Å². The van der Waals surface area contributed by atoms with Gasteiger partial charge in [0, 0.05) is 81.0 Å². The minimum atomic E-state index is -4.79. The van der Waals surface area contributed by atoms with Crippen LogP contribution in [0.2, 0.25) is 0 Å². The van der Waals surface area contributed by atoms with Crippen molar-refractivity contribution in [3.63, 3.8) is 0 Å². The van der Waals surface area contributed by atoms with Crippen molar-refractivity contribution < 1.29 is 33.1 Å². The summed E-state index contributed by atoms with van der Waals surface area (Å²) in [5, 5.41) is 48.2. The third-order valence-electron chi connectivity index (χ3n) is 6.00. The number of carboxylic acid groups (broad SMARTS) is 1. The Morgan fingerprint density at radius 2 is 1.29 bits per heavy atom. The number of fused-ring (bicyclic) bond motifs is 2. The predicted octanol–water partition coefficient (Wildman–Crippen LogP) is 6.00. The quantitative estimate of drug-likeness (QED) is 0.0671. The molecule has 5 aromatic rings. The molecule has 5 rings (SSSR count). The molecule has 0 aliphatic rings. The number of aromatic carboxylic acids is 1. The van der Waals surface area contributed by atoms with E-state index >= 15 is 0 Å². The summed E-state index contributed by atoms with van der Waals surface area (Å²) in [5.74, 6) is -2.37. The average molecular weight is 604 g/mol. The second kappa shape index (κ2) is 13.3. The molecule has 0 bridgehead atoms. The fourth-order valence-electron chi connectivity index (χ4n) is 4.09. The molecule has 202 valence electrons. The largest absolute Gasteiger partial charge is 0.505 e. The van der Waals surface area contributed by atoms with Crippen molar-refractivity contribution in [2.45, 2.75) is 4.90 Å². The summed E-state index contributed by atoms with van der Waals surface area (Å²) in [6.07, 6.45) is 0. The maximum atomic E-state index is 12.1. The van der Waals surface area contributed by atoms with Gasteiger partial charge >= 0.3 is 5.97 Å². The molecule has 0 amide bonds. The summed E-state index contributed by atoms with van der Waals surface area (Å²) in [7, 11) is -4.79. The molecule has 12 nitrogen and oxygen atoms in total. The van der Waals surface area contributed by atoms with Crippen molar-refractivity contribution in [2.75, 3.05) is 5.73 Å². The zero-order chi connectivity index (χ0) is 28.6. The standard InChI is InChI=1S/C27H19N5O7S.2Na/c28-15-9-8-14-12-23(40(37,38)39)24(26(34)19(14)13-15)32-30-21-11-10-20(16-4-1-2-5-17(16)21)29-31-22-7-3-6-18(25(22)33)27(35)36;;/h1-13,33-34H,28H2,(H,35,36)(H,37,38,39);;. The van der Waals surface area contributed by atoms with Gasteiger partial charge in [0.05, 0.1) is 11.4 Å². The Morgan fingerprint density at radius 3 is 1.88 bits per heavy atom. The molecule has 0 atom stereocenters. The van der Waals surface area contributed by atoms with Crippen LogP contribution < -0.4 is 5.73 Å². The minimum absolute atomic E-state index is 0. The van der Waals surface area contributed by atoms with E-state index in [9.17, 15) is 33.1 Å². The molecule has 0 saturated carbocycles. The van der Waals surface area contributed by atoms with E-state index in [-0.39, 0.29) is 81.4 Å². The van der Waals surface area contributed by atoms with Crippen molar-refractivity contribution in [1.29, 1.82) is 0 Å². The molecular weight excluding hydrogens is 584 g/mol. The van der Waals surface area contributed by atoms with Gasteiger partial charge < -0.3 is 21.1 Å². The summed E-state index contributed by atoms with van der Waals surface area (Å²) >= 11 is 0. The van der Waals surface area contributed by atoms with Crippen LogP contribution in [-0.2, 0) is 10.1 Å². The summed E-state index contributed by atoms with van der Waals surface area (Å²) in [6.45, 7) is 0. The van der Waals surface area contributed by atoms with Gasteiger partial charge in [-0.1, -0.05) is 36.4 Å². The maximum Gasteiger partial charge on any atom is 0.339 e. The van der Waals surface area contributed by atoms with Crippen molar-refractivity contribution in [3.05, 3.63) is 84.4 Å². The van der Waals surface area contributed by atoms with E-state index in [1.54, 1.807) is 30.3 Å². The Kier molecular flexibility index (Phi) is 10.5. The normalized spacial score (nSPS) is 11.5. The number of para-hydroxylation sites is 1. The zero-order valence-corrected chi connectivity index (χ0v) is 27.1. The topological polar surface area (TPSA) is 208 Å².